The zero-order chi connectivity index (χ0) is 16.5. The first-order valence-corrected chi connectivity index (χ1v) is 8.25. The number of halogens is 1. The summed E-state index contributed by atoms with van der Waals surface area (Å²) in [5.74, 6) is 0.477. The van der Waals surface area contributed by atoms with Gasteiger partial charge in [-0.15, -0.1) is 0 Å². The highest BCUT2D eigenvalue weighted by Crippen LogP contribution is 2.38. The van der Waals surface area contributed by atoms with E-state index in [1.165, 1.54) is 23.5 Å². The molecule has 0 unspecified atom stereocenters. The molecule has 0 aliphatic carbocycles. The maximum Gasteiger partial charge on any atom is 0.222 e. The number of anilines is 1. The number of nitrogens with one attached hydrogen (secondary N) is 1. The minimum Gasteiger partial charge on any atom is -0.348 e. The van der Waals surface area contributed by atoms with E-state index in [2.05, 4.69) is 46.6 Å². The minimum atomic E-state index is -0.203. The molecule has 1 aliphatic rings. The molecular weight excluding hydrogens is 303 g/mol. The van der Waals surface area contributed by atoms with Crippen LogP contribution in [0, 0.1) is 5.82 Å². The van der Waals surface area contributed by atoms with Crippen LogP contribution in [0.4, 0.5) is 10.3 Å². The van der Waals surface area contributed by atoms with Crippen molar-refractivity contribution in [3.05, 3.63) is 77.4 Å². The molecule has 0 radical (unpaired) electrons. The van der Waals surface area contributed by atoms with E-state index in [1.807, 2.05) is 12.1 Å². The zero-order valence-electron chi connectivity index (χ0n) is 13.5. The molecule has 3 aromatic rings. The summed E-state index contributed by atoms with van der Waals surface area (Å²) in [5.41, 5.74) is 3.15. The molecule has 2 heterocycles. The Morgan fingerprint density at radius 1 is 1.17 bits per heavy atom. The zero-order valence-corrected chi connectivity index (χ0v) is 13.5. The first kappa shape index (κ1) is 14.9. The molecule has 0 fully saturated rings. The lowest BCUT2D eigenvalue weighted by Crippen LogP contribution is -2.28. The molecule has 0 amide bonds. The van der Waals surface area contributed by atoms with Crippen LogP contribution in [0.5, 0.6) is 0 Å². The third kappa shape index (κ3) is 2.56. The van der Waals surface area contributed by atoms with E-state index in [0.29, 0.717) is 11.5 Å². The number of nitrogens with zero attached hydrogens (tertiary/aromatic N) is 3. The number of rotatable bonds is 3. The fraction of sp³-hybridized carbons (Fsp3) is 0.263. The summed E-state index contributed by atoms with van der Waals surface area (Å²) in [4.78, 5) is 4.29. The number of aryl methyl sites for hydroxylation is 1. The summed E-state index contributed by atoms with van der Waals surface area (Å²) in [6.45, 7) is 2.14. The standard InChI is InChI=1S/C19H19FN4/c1-2-13-7-9-14(10-8-13)17-11-18(15-5-3-4-6-16(15)20)24-19(23-17)21-12-22-24/h3-10,12,17-18H,2,11H2,1H3,(H,21,22,23)/t17-,18-/m1/s1. The summed E-state index contributed by atoms with van der Waals surface area (Å²) in [5, 5.41) is 7.70. The highest BCUT2D eigenvalue weighted by atomic mass is 19.1. The second-order valence-electron chi connectivity index (χ2n) is 6.09. The van der Waals surface area contributed by atoms with Crippen LogP contribution in [-0.4, -0.2) is 14.8 Å². The van der Waals surface area contributed by atoms with E-state index in [4.69, 9.17) is 0 Å². The first-order valence-electron chi connectivity index (χ1n) is 8.25. The van der Waals surface area contributed by atoms with Gasteiger partial charge in [-0.05, 0) is 30.0 Å². The van der Waals surface area contributed by atoms with Crippen molar-refractivity contribution < 1.29 is 4.39 Å². The van der Waals surface area contributed by atoms with Gasteiger partial charge in [0.2, 0.25) is 5.95 Å². The van der Waals surface area contributed by atoms with Crippen molar-refractivity contribution in [3.8, 4) is 0 Å². The smallest absolute Gasteiger partial charge is 0.222 e. The maximum absolute atomic E-state index is 14.3. The minimum absolute atomic E-state index is 0.0808. The van der Waals surface area contributed by atoms with E-state index in [0.717, 1.165) is 12.8 Å². The Kier molecular flexibility index (Phi) is 3.76. The van der Waals surface area contributed by atoms with Gasteiger partial charge in [-0.2, -0.15) is 10.1 Å². The Morgan fingerprint density at radius 3 is 2.71 bits per heavy atom. The predicted octanol–water partition coefficient (Wildman–Crippen LogP) is 4.13. The SMILES string of the molecule is CCc1ccc([C@H]2C[C@H](c3ccccc3F)n3ncnc3N2)cc1. The van der Waals surface area contributed by atoms with Crippen molar-refractivity contribution in [2.75, 3.05) is 5.32 Å². The van der Waals surface area contributed by atoms with Crippen LogP contribution in [0.3, 0.4) is 0 Å². The van der Waals surface area contributed by atoms with Crippen molar-refractivity contribution in [1.82, 2.24) is 14.8 Å². The van der Waals surface area contributed by atoms with Gasteiger partial charge in [-0.25, -0.2) is 9.07 Å². The van der Waals surface area contributed by atoms with E-state index in [1.54, 1.807) is 10.7 Å². The van der Waals surface area contributed by atoms with Gasteiger partial charge in [0.1, 0.15) is 12.1 Å². The molecule has 1 N–H and O–H groups in total. The number of fused-ring (bicyclic) bond motifs is 1. The molecule has 5 heteroatoms. The normalized spacial score (nSPS) is 19.6. The molecule has 4 nitrogen and oxygen atoms in total. The van der Waals surface area contributed by atoms with Crippen LogP contribution in [0.1, 0.15) is 42.1 Å². The molecule has 2 aromatic carbocycles. The lowest BCUT2D eigenvalue weighted by atomic mass is 9.92. The van der Waals surface area contributed by atoms with Crippen molar-refractivity contribution in [2.45, 2.75) is 31.8 Å². The highest BCUT2D eigenvalue weighted by Gasteiger charge is 2.31. The average Bonchev–Trinajstić information content (AvgIpc) is 3.10. The third-order valence-electron chi connectivity index (χ3n) is 4.69. The molecule has 1 aromatic heterocycles. The summed E-state index contributed by atoms with van der Waals surface area (Å²) >= 11 is 0. The number of aromatic nitrogens is 3. The Hall–Kier alpha value is -2.69. The second kappa shape index (κ2) is 6.07. The predicted molar refractivity (Wildman–Crippen MR) is 91.4 cm³/mol. The lowest BCUT2D eigenvalue weighted by Gasteiger charge is -2.32. The van der Waals surface area contributed by atoms with E-state index in [9.17, 15) is 4.39 Å². The fourth-order valence-corrected chi connectivity index (χ4v) is 3.33. The Morgan fingerprint density at radius 2 is 1.96 bits per heavy atom. The first-order chi connectivity index (χ1) is 11.8. The molecule has 4 rings (SSSR count). The third-order valence-corrected chi connectivity index (χ3v) is 4.69. The molecule has 24 heavy (non-hydrogen) atoms. The molecule has 122 valence electrons. The number of hydrogen-bond donors (Lipinski definition) is 1. The lowest BCUT2D eigenvalue weighted by molar-refractivity contribution is 0.416. The molecule has 0 bridgehead atoms. The number of benzene rings is 2. The van der Waals surface area contributed by atoms with Crippen LogP contribution in [0.25, 0.3) is 0 Å². The van der Waals surface area contributed by atoms with Gasteiger partial charge in [0.25, 0.3) is 0 Å². The second-order valence-corrected chi connectivity index (χ2v) is 6.09. The molecule has 0 saturated carbocycles. The van der Waals surface area contributed by atoms with Crippen LogP contribution in [0.2, 0.25) is 0 Å². The van der Waals surface area contributed by atoms with E-state index < -0.39 is 0 Å². The van der Waals surface area contributed by atoms with Crippen LogP contribution in [0.15, 0.2) is 54.9 Å². The van der Waals surface area contributed by atoms with Gasteiger partial charge in [0, 0.05) is 5.56 Å². The van der Waals surface area contributed by atoms with Gasteiger partial charge >= 0.3 is 0 Å². The number of hydrogen-bond acceptors (Lipinski definition) is 3. The van der Waals surface area contributed by atoms with Crippen LogP contribution < -0.4 is 5.32 Å². The highest BCUT2D eigenvalue weighted by molar-refractivity contribution is 5.39. The Bertz CT molecular complexity index is 841. The molecule has 1 aliphatic heterocycles. The van der Waals surface area contributed by atoms with Gasteiger partial charge < -0.3 is 5.32 Å². The fourth-order valence-electron chi connectivity index (χ4n) is 3.33. The van der Waals surface area contributed by atoms with Crippen LogP contribution >= 0.6 is 0 Å². The van der Waals surface area contributed by atoms with Crippen molar-refractivity contribution >= 4 is 5.95 Å². The Balaban J connectivity index is 1.72. The summed E-state index contributed by atoms with van der Waals surface area (Å²) in [7, 11) is 0. The van der Waals surface area contributed by atoms with E-state index in [-0.39, 0.29) is 17.9 Å². The van der Waals surface area contributed by atoms with Crippen molar-refractivity contribution in [1.29, 1.82) is 0 Å². The molecular formula is C19H19FN4. The Labute approximate surface area is 140 Å². The largest absolute Gasteiger partial charge is 0.348 e. The van der Waals surface area contributed by atoms with Crippen molar-refractivity contribution in [2.24, 2.45) is 0 Å². The van der Waals surface area contributed by atoms with Crippen LogP contribution in [-0.2, 0) is 6.42 Å². The van der Waals surface area contributed by atoms with Gasteiger partial charge in [-0.3, -0.25) is 0 Å². The van der Waals surface area contributed by atoms with E-state index >= 15 is 0 Å². The average molecular weight is 322 g/mol. The summed E-state index contributed by atoms with van der Waals surface area (Å²) in [6.07, 6.45) is 3.26. The molecule has 0 saturated heterocycles. The van der Waals surface area contributed by atoms with Gasteiger partial charge in [0.15, 0.2) is 0 Å². The molecule has 2 atom stereocenters. The van der Waals surface area contributed by atoms with Crippen molar-refractivity contribution in [3.63, 3.8) is 0 Å². The van der Waals surface area contributed by atoms with Gasteiger partial charge in [0.05, 0.1) is 12.1 Å². The quantitative estimate of drug-likeness (QED) is 0.788. The maximum atomic E-state index is 14.3. The monoisotopic (exact) mass is 322 g/mol. The molecule has 0 spiro atoms. The topological polar surface area (TPSA) is 42.7 Å². The summed E-state index contributed by atoms with van der Waals surface area (Å²) in [6, 6.07) is 15.4. The van der Waals surface area contributed by atoms with Gasteiger partial charge in [-0.1, -0.05) is 49.4 Å². The summed E-state index contributed by atoms with van der Waals surface area (Å²) < 4.78 is 16.1.